The number of hydrogen-bond donors (Lipinski definition) is 2. The Kier molecular flexibility index (Phi) is 8.71. The summed E-state index contributed by atoms with van der Waals surface area (Å²) >= 11 is 0. The van der Waals surface area contributed by atoms with Crippen LogP contribution in [-0.2, 0) is 10.2 Å². The van der Waals surface area contributed by atoms with Crippen molar-refractivity contribution < 1.29 is 13.5 Å². The molecule has 0 fully saturated rings. The second kappa shape index (κ2) is 8.82. The van der Waals surface area contributed by atoms with Gasteiger partial charge in [-0.15, -0.1) is 0 Å². The van der Waals surface area contributed by atoms with E-state index >= 15 is 0 Å². The second-order valence-electron chi connectivity index (χ2n) is 3.82. The molecule has 7 heteroatoms. The number of nitrogens with one attached hydrogen (secondary N) is 1. The Morgan fingerprint density at radius 3 is 2.24 bits per heavy atom. The molecule has 2 N–H and O–H groups in total. The molecule has 0 unspecified atom stereocenters. The minimum atomic E-state index is -3.40. The van der Waals surface area contributed by atoms with E-state index in [1.165, 1.54) is 11.4 Å². The smallest absolute Gasteiger partial charge is 0.279 e. The summed E-state index contributed by atoms with van der Waals surface area (Å²) < 4.78 is 27.2. The second-order valence-corrected chi connectivity index (χ2v) is 5.69. The molecule has 0 bridgehead atoms. The lowest BCUT2D eigenvalue weighted by atomic mass is 10.5. The largest absolute Gasteiger partial charge is 0.396 e. The van der Waals surface area contributed by atoms with Gasteiger partial charge in [0.2, 0.25) is 0 Å². The summed E-state index contributed by atoms with van der Waals surface area (Å²) in [7, 11) is -1.89. The van der Waals surface area contributed by atoms with Crippen molar-refractivity contribution in [3.63, 3.8) is 0 Å². The van der Waals surface area contributed by atoms with E-state index in [0.717, 1.165) is 13.1 Å². The van der Waals surface area contributed by atoms with Crippen LogP contribution < -0.4 is 4.72 Å². The minimum Gasteiger partial charge on any atom is -0.396 e. The molecule has 17 heavy (non-hydrogen) atoms. The Balaban J connectivity index is 4.00. The highest BCUT2D eigenvalue weighted by Crippen LogP contribution is 1.95. The van der Waals surface area contributed by atoms with Crippen LogP contribution in [0.15, 0.2) is 0 Å². The Hall–Kier alpha value is -0.210. The predicted molar refractivity (Wildman–Crippen MR) is 69.0 cm³/mol. The van der Waals surface area contributed by atoms with Crippen molar-refractivity contribution in [3.8, 4) is 0 Å². The van der Waals surface area contributed by atoms with Crippen LogP contribution in [0.25, 0.3) is 0 Å². The summed E-state index contributed by atoms with van der Waals surface area (Å²) in [5.74, 6) is 0. The van der Waals surface area contributed by atoms with Crippen LogP contribution in [-0.4, -0.2) is 69.1 Å². The third kappa shape index (κ3) is 6.95. The lowest BCUT2D eigenvalue weighted by molar-refractivity contribution is 0.274. The van der Waals surface area contributed by atoms with Crippen molar-refractivity contribution in [2.45, 2.75) is 20.3 Å². The summed E-state index contributed by atoms with van der Waals surface area (Å²) in [6, 6.07) is 0. The number of hydrogen-bond acceptors (Lipinski definition) is 4. The molecule has 0 aromatic heterocycles. The molecule has 0 rings (SSSR count). The average Bonchev–Trinajstić information content (AvgIpc) is 2.31. The van der Waals surface area contributed by atoms with Gasteiger partial charge in [0.1, 0.15) is 0 Å². The average molecular weight is 267 g/mol. The Labute approximate surface area is 105 Å². The molecule has 0 aliphatic rings. The molecule has 0 aromatic carbocycles. The lowest BCUT2D eigenvalue weighted by Gasteiger charge is -2.20. The Morgan fingerprint density at radius 2 is 1.76 bits per heavy atom. The van der Waals surface area contributed by atoms with Crippen LogP contribution in [0.4, 0.5) is 0 Å². The number of rotatable bonds is 10. The molecule has 6 nitrogen and oxygen atoms in total. The van der Waals surface area contributed by atoms with E-state index < -0.39 is 10.2 Å². The molecule has 104 valence electrons. The topological polar surface area (TPSA) is 72.9 Å². The first kappa shape index (κ1) is 16.8. The number of likely N-dealkylation sites (N-methyl/N-ethyl adjacent to an activating group) is 1. The van der Waals surface area contributed by atoms with E-state index in [2.05, 4.69) is 9.62 Å². The summed E-state index contributed by atoms with van der Waals surface area (Å²) in [5.41, 5.74) is 0. The molecule has 0 saturated carbocycles. The maximum atomic E-state index is 11.7. The molecular formula is C10H25N3O3S. The predicted octanol–water partition coefficient (Wildman–Crippen LogP) is -0.523. The maximum absolute atomic E-state index is 11.7. The van der Waals surface area contributed by atoms with Gasteiger partial charge in [-0.05, 0) is 19.5 Å². The first-order valence-corrected chi connectivity index (χ1v) is 7.46. The molecule has 0 aromatic rings. The maximum Gasteiger partial charge on any atom is 0.279 e. The van der Waals surface area contributed by atoms with Crippen molar-refractivity contribution in [3.05, 3.63) is 0 Å². The molecule has 0 atom stereocenters. The van der Waals surface area contributed by atoms with Gasteiger partial charge in [0.25, 0.3) is 10.2 Å². The molecular weight excluding hydrogens is 242 g/mol. The molecule has 0 amide bonds. The quantitative estimate of drug-likeness (QED) is 0.558. The van der Waals surface area contributed by atoms with Crippen LogP contribution in [0.5, 0.6) is 0 Å². The zero-order valence-electron chi connectivity index (χ0n) is 11.0. The van der Waals surface area contributed by atoms with Crippen LogP contribution in [0.1, 0.15) is 20.3 Å². The third-order valence-electron chi connectivity index (χ3n) is 2.65. The first-order valence-electron chi connectivity index (χ1n) is 6.02. The molecule has 0 radical (unpaired) electrons. The van der Waals surface area contributed by atoms with Gasteiger partial charge in [-0.25, -0.2) is 4.72 Å². The highest BCUT2D eigenvalue weighted by atomic mass is 32.2. The zero-order chi connectivity index (χ0) is 13.3. The van der Waals surface area contributed by atoms with Gasteiger partial charge in [0.05, 0.1) is 0 Å². The number of aliphatic hydroxyl groups excluding tert-OH is 1. The van der Waals surface area contributed by atoms with Gasteiger partial charge in [-0.3, -0.25) is 0 Å². The summed E-state index contributed by atoms with van der Waals surface area (Å²) in [5, 5.41) is 8.64. The number of nitrogens with zero attached hydrogens (tertiary/aromatic N) is 2. The van der Waals surface area contributed by atoms with Crippen LogP contribution in [0.2, 0.25) is 0 Å². The van der Waals surface area contributed by atoms with Gasteiger partial charge in [-0.2, -0.15) is 12.7 Å². The fourth-order valence-corrected chi connectivity index (χ4v) is 2.34. The SMILES string of the molecule is CCN(CC)CCNS(=O)(=O)N(C)CCCO. The lowest BCUT2D eigenvalue weighted by Crippen LogP contribution is -2.42. The highest BCUT2D eigenvalue weighted by molar-refractivity contribution is 7.87. The molecule has 0 aliphatic heterocycles. The summed E-state index contributed by atoms with van der Waals surface area (Å²) in [6.07, 6.45) is 0.452. The Morgan fingerprint density at radius 1 is 1.18 bits per heavy atom. The molecule has 0 saturated heterocycles. The van der Waals surface area contributed by atoms with E-state index in [0.29, 0.717) is 26.1 Å². The van der Waals surface area contributed by atoms with Crippen molar-refractivity contribution in [2.75, 3.05) is 46.4 Å². The van der Waals surface area contributed by atoms with Crippen LogP contribution in [0.3, 0.4) is 0 Å². The van der Waals surface area contributed by atoms with Crippen LogP contribution in [0, 0.1) is 0 Å². The minimum absolute atomic E-state index is 0.000687. The zero-order valence-corrected chi connectivity index (χ0v) is 11.8. The first-order chi connectivity index (χ1) is 7.97. The van der Waals surface area contributed by atoms with E-state index in [1.807, 2.05) is 13.8 Å². The van der Waals surface area contributed by atoms with Crippen LogP contribution >= 0.6 is 0 Å². The summed E-state index contributed by atoms with van der Waals surface area (Å²) in [6.45, 7) is 7.37. The molecule has 0 aliphatic carbocycles. The van der Waals surface area contributed by atoms with Gasteiger partial charge in [0.15, 0.2) is 0 Å². The van der Waals surface area contributed by atoms with E-state index in [1.54, 1.807) is 0 Å². The van der Waals surface area contributed by atoms with E-state index in [9.17, 15) is 8.42 Å². The fraction of sp³-hybridized carbons (Fsp3) is 1.00. The van der Waals surface area contributed by atoms with Crippen molar-refractivity contribution in [1.29, 1.82) is 0 Å². The van der Waals surface area contributed by atoms with Gasteiger partial charge >= 0.3 is 0 Å². The standard InChI is InChI=1S/C10H25N3O3S/c1-4-13(5-2)9-7-11-17(15,16)12(3)8-6-10-14/h11,14H,4-10H2,1-3H3. The van der Waals surface area contributed by atoms with Crippen molar-refractivity contribution in [2.24, 2.45) is 0 Å². The Bertz CT molecular complexity index is 279. The monoisotopic (exact) mass is 267 g/mol. The number of aliphatic hydroxyl groups is 1. The van der Waals surface area contributed by atoms with Gasteiger partial charge in [0, 0.05) is 33.3 Å². The van der Waals surface area contributed by atoms with Crippen molar-refractivity contribution in [1.82, 2.24) is 13.9 Å². The molecule has 0 spiro atoms. The summed E-state index contributed by atoms with van der Waals surface area (Å²) in [4.78, 5) is 2.15. The van der Waals surface area contributed by atoms with Gasteiger partial charge in [-0.1, -0.05) is 13.8 Å². The van der Waals surface area contributed by atoms with Gasteiger partial charge < -0.3 is 10.0 Å². The highest BCUT2D eigenvalue weighted by Gasteiger charge is 2.16. The normalized spacial score (nSPS) is 12.6. The molecule has 0 heterocycles. The third-order valence-corrected chi connectivity index (χ3v) is 4.22. The van der Waals surface area contributed by atoms with E-state index in [4.69, 9.17) is 5.11 Å². The van der Waals surface area contributed by atoms with Crippen molar-refractivity contribution >= 4 is 10.2 Å². The fourth-order valence-electron chi connectivity index (χ4n) is 1.40. The van der Waals surface area contributed by atoms with E-state index in [-0.39, 0.29) is 6.61 Å².